The molecule has 0 bridgehead atoms. The molecule has 1 aromatic heterocycles. The molecule has 0 amide bonds. The monoisotopic (exact) mass is 206 g/mol. The predicted molar refractivity (Wildman–Crippen MR) is 54.0 cm³/mol. The second-order valence-corrected chi connectivity index (χ2v) is 3.18. The molecule has 0 spiro atoms. The predicted octanol–water partition coefficient (Wildman–Crippen LogP) is 2.34. The standard InChI is InChI=1S/C10H7ClN2O/c11-9-3-1-2-4-10(9)13-5-8(6-14)12-7-13/h1-7H. The highest BCUT2D eigenvalue weighted by Gasteiger charge is 2.02. The zero-order chi connectivity index (χ0) is 9.97. The van der Waals surface area contributed by atoms with E-state index in [2.05, 4.69) is 4.98 Å². The summed E-state index contributed by atoms with van der Waals surface area (Å²) < 4.78 is 1.71. The summed E-state index contributed by atoms with van der Waals surface area (Å²) in [5.41, 5.74) is 1.21. The minimum absolute atomic E-state index is 0.393. The molecule has 2 aromatic rings. The number of nitrogens with zero attached hydrogens (tertiary/aromatic N) is 2. The largest absolute Gasteiger partial charge is 0.304 e. The molecule has 0 N–H and O–H groups in total. The van der Waals surface area contributed by atoms with Crippen LogP contribution in [-0.4, -0.2) is 15.8 Å². The van der Waals surface area contributed by atoms with Gasteiger partial charge in [-0.25, -0.2) is 4.98 Å². The fourth-order valence-corrected chi connectivity index (χ4v) is 1.43. The van der Waals surface area contributed by atoms with Crippen molar-refractivity contribution in [2.24, 2.45) is 0 Å². The third-order valence-electron chi connectivity index (χ3n) is 1.85. The highest BCUT2D eigenvalue weighted by molar-refractivity contribution is 6.32. The van der Waals surface area contributed by atoms with E-state index in [-0.39, 0.29) is 0 Å². The van der Waals surface area contributed by atoms with Crippen LogP contribution in [0.2, 0.25) is 5.02 Å². The number of hydrogen-bond donors (Lipinski definition) is 0. The summed E-state index contributed by atoms with van der Waals surface area (Å²) in [5.74, 6) is 0. The second-order valence-electron chi connectivity index (χ2n) is 2.78. The molecular formula is C10H7ClN2O. The lowest BCUT2D eigenvalue weighted by Crippen LogP contribution is -1.90. The molecular weight excluding hydrogens is 200 g/mol. The molecule has 0 unspecified atom stereocenters. The van der Waals surface area contributed by atoms with E-state index in [1.54, 1.807) is 23.2 Å². The summed E-state index contributed by atoms with van der Waals surface area (Å²) in [7, 11) is 0. The number of hydrogen-bond acceptors (Lipinski definition) is 2. The van der Waals surface area contributed by atoms with Gasteiger partial charge in [-0.1, -0.05) is 23.7 Å². The molecule has 0 aliphatic carbocycles. The van der Waals surface area contributed by atoms with Crippen LogP contribution in [0.1, 0.15) is 10.5 Å². The van der Waals surface area contributed by atoms with Crippen LogP contribution in [0, 0.1) is 0 Å². The number of aldehydes is 1. The number of carbonyl (C=O) groups is 1. The van der Waals surface area contributed by atoms with Crippen LogP contribution >= 0.6 is 11.6 Å². The molecule has 0 fully saturated rings. The average Bonchev–Trinajstić information content (AvgIpc) is 2.67. The lowest BCUT2D eigenvalue weighted by Gasteiger charge is -2.02. The lowest BCUT2D eigenvalue weighted by atomic mass is 10.3. The Balaban J connectivity index is 2.49. The first kappa shape index (κ1) is 8.97. The molecule has 4 heteroatoms. The number of imidazole rings is 1. The first-order valence-electron chi connectivity index (χ1n) is 4.05. The van der Waals surface area contributed by atoms with Crippen molar-refractivity contribution in [1.29, 1.82) is 0 Å². The van der Waals surface area contributed by atoms with Crippen LogP contribution < -0.4 is 0 Å². The van der Waals surface area contributed by atoms with E-state index < -0.39 is 0 Å². The first-order chi connectivity index (χ1) is 6.81. The minimum Gasteiger partial charge on any atom is -0.304 e. The maximum Gasteiger partial charge on any atom is 0.170 e. The van der Waals surface area contributed by atoms with Gasteiger partial charge in [-0.3, -0.25) is 4.79 Å². The molecule has 0 radical (unpaired) electrons. The summed E-state index contributed by atoms with van der Waals surface area (Å²) in [5, 5.41) is 0.627. The van der Waals surface area contributed by atoms with E-state index in [0.717, 1.165) is 5.69 Å². The molecule has 2 rings (SSSR count). The summed E-state index contributed by atoms with van der Waals surface area (Å²) >= 11 is 5.97. The Hall–Kier alpha value is -1.61. The van der Waals surface area contributed by atoms with E-state index in [1.165, 1.54) is 0 Å². The molecule has 3 nitrogen and oxygen atoms in total. The zero-order valence-corrected chi connectivity index (χ0v) is 7.98. The Bertz CT molecular complexity index is 465. The SMILES string of the molecule is O=Cc1cn(-c2ccccc2Cl)cn1. The number of halogens is 1. The Morgan fingerprint density at radius 2 is 2.14 bits per heavy atom. The van der Waals surface area contributed by atoms with E-state index in [9.17, 15) is 4.79 Å². The van der Waals surface area contributed by atoms with Gasteiger partial charge in [-0.2, -0.15) is 0 Å². The lowest BCUT2D eigenvalue weighted by molar-refractivity contribution is 0.111. The second kappa shape index (κ2) is 3.64. The number of carbonyl (C=O) groups excluding carboxylic acids is 1. The zero-order valence-electron chi connectivity index (χ0n) is 7.22. The number of rotatable bonds is 2. The summed E-state index contributed by atoms with van der Waals surface area (Å²) in [6.45, 7) is 0. The van der Waals surface area contributed by atoms with Crippen LogP contribution in [0.3, 0.4) is 0 Å². The van der Waals surface area contributed by atoms with Crippen molar-refractivity contribution in [1.82, 2.24) is 9.55 Å². The van der Waals surface area contributed by atoms with E-state index in [4.69, 9.17) is 11.6 Å². The molecule has 14 heavy (non-hydrogen) atoms. The number of benzene rings is 1. The molecule has 0 saturated heterocycles. The van der Waals surface area contributed by atoms with E-state index in [1.807, 2.05) is 18.2 Å². The fourth-order valence-electron chi connectivity index (χ4n) is 1.19. The maximum atomic E-state index is 10.4. The van der Waals surface area contributed by atoms with Gasteiger partial charge in [0.1, 0.15) is 12.0 Å². The van der Waals surface area contributed by atoms with Crippen LogP contribution in [0.25, 0.3) is 5.69 Å². The van der Waals surface area contributed by atoms with Crippen LogP contribution in [0.15, 0.2) is 36.8 Å². The average molecular weight is 207 g/mol. The van der Waals surface area contributed by atoms with E-state index in [0.29, 0.717) is 17.0 Å². The Morgan fingerprint density at radius 1 is 1.36 bits per heavy atom. The van der Waals surface area contributed by atoms with Crippen LogP contribution in [-0.2, 0) is 0 Å². The van der Waals surface area contributed by atoms with Gasteiger partial charge >= 0.3 is 0 Å². The van der Waals surface area contributed by atoms with Crippen LogP contribution in [0.4, 0.5) is 0 Å². The Labute approximate surface area is 86.0 Å². The summed E-state index contributed by atoms with van der Waals surface area (Å²) in [6, 6.07) is 7.38. The molecule has 0 atom stereocenters. The van der Waals surface area contributed by atoms with Crippen molar-refractivity contribution in [2.75, 3.05) is 0 Å². The maximum absolute atomic E-state index is 10.4. The highest BCUT2D eigenvalue weighted by Crippen LogP contribution is 2.19. The molecule has 0 aliphatic heterocycles. The van der Waals surface area contributed by atoms with Gasteiger partial charge in [0.2, 0.25) is 0 Å². The molecule has 0 saturated carbocycles. The van der Waals surface area contributed by atoms with Crippen LogP contribution in [0.5, 0.6) is 0 Å². The summed E-state index contributed by atoms with van der Waals surface area (Å²) in [4.78, 5) is 14.3. The van der Waals surface area contributed by atoms with Crippen molar-refractivity contribution < 1.29 is 4.79 Å². The van der Waals surface area contributed by atoms with Crippen molar-refractivity contribution >= 4 is 17.9 Å². The van der Waals surface area contributed by atoms with E-state index >= 15 is 0 Å². The van der Waals surface area contributed by atoms with Crippen molar-refractivity contribution in [2.45, 2.75) is 0 Å². The number of para-hydroxylation sites is 1. The van der Waals surface area contributed by atoms with Crippen molar-refractivity contribution in [3.05, 3.63) is 47.5 Å². The quantitative estimate of drug-likeness (QED) is 0.707. The normalized spacial score (nSPS) is 10.1. The molecule has 1 heterocycles. The third-order valence-corrected chi connectivity index (χ3v) is 2.17. The van der Waals surface area contributed by atoms with Gasteiger partial charge in [0, 0.05) is 6.20 Å². The smallest absolute Gasteiger partial charge is 0.170 e. The van der Waals surface area contributed by atoms with Gasteiger partial charge in [0.25, 0.3) is 0 Å². The van der Waals surface area contributed by atoms with Gasteiger partial charge in [-0.15, -0.1) is 0 Å². The Morgan fingerprint density at radius 3 is 2.79 bits per heavy atom. The highest BCUT2D eigenvalue weighted by atomic mass is 35.5. The molecule has 1 aromatic carbocycles. The molecule has 0 aliphatic rings. The van der Waals surface area contributed by atoms with Gasteiger partial charge in [-0.05, 0) is 12.1 Å². The van der Waals surface area contributed by atoms with Crippen molar-refractivity contribution in [3.8, 4) is 5.69 Å². The van der Waals surface area contributed by atoms with Crippen molar-refractivity contribution in [3.63, 3.8) is 0 Å². The first-order valence-corrected chi connectivity index (χ1v) is 4.43. The Kier molecular flexibility index (Phi) is 2.33. The van der Waals surface area contributed by atoms with Gasteiger partial charge in [0.15, 0.2) is 6.29 Å². The fraction of sp³-hybridized carbons (Fsp3) is 0. The molecule has 70 valence electrons. The minimum atomic E-state index is 0.393. The third kappa shape index (κ3) is 1.54. The summed E-state index contributed by atoms with van der Waals surface area (Å²) in [6.07, 6.45) is 3.90. The van der Waals surface area contributed by atoms with Gasteiger partial charge in [0.05, 0.1) is 10.7 Å². The topological polar surface area (TPSA) is 34.9 Å². The van der Waals surface area contributed by atoms with Gasteiger partial charge < -0.3 is 4.57 Å². The number of aromatic nitrogens is 2.